The number of carbonyl (C=O) groups excluding carboxylic acids is 3. The summed E-state index contributed by atoms with van der Waals surface area (Å²) in [5.74, 6) is -1.08. The first kappa shape index (κ1) is 19.3. The molecule has 148 valence electrons. The lowest BCUT2D eigenvalue weighted by molar-refractivity contribution is -0.147. The monoisotopic (exact) mass is 408 g/mol. The molecule has 0 saturated carbocycles. The summed E-state index contributed by atoms with van der Waals surface area (Å²) < 4.78 is 5.38. The first-order valence-corrected chi connectivity index (χ1v) is 10.2. The smallest absolute Gasteiger partial charge is 0.308 e. The Morgan fingerprint density at radius 2 is 1.86 bits per heavy atom. The number of rotatable bonds is 5. The molecule has 4 rings (SSSR count). The lowest BCUT2D eigenvalue weighted by atomic mass is 10.0. The van der Waals surface area contributed by atoms with Crippen LogP contribution in [0.25, 0.3) is 10.9 Å². The Hall–Kier alpha value is -3.06. The van der Waals surface area contributed by atoms with Crippen LogP contribution in [-0.2, 0) is 14.3 Å². The van der Waals surface area contributed by atoms with Crippen LogP contribution in [0, 0.1) is 6.92 Å². The quantitative estimate of drug-likeness (QED) is 0.490. The van der Waals surface area contributed by atoms with Gasteiger partial charge in [0.2, 0.25) is 11.7 Å². The van der Waals surface area contributed by atoms with Crippen molar-refractivity contribution in [1.82, 2.24) is 4.98 Å². The van der Waals surface area contributed by atoms with Crippen LogP contribution in [0.15, 0.2) is 53.4 Å². The summed E-state index contributed by atoms with van der Waals surface area (Å²) >= 11 is 1.33. The molecule has 0 fully saturated rings. The minimum atomic E-state index is -0.940. The summed E-state index contributed by atoms with van der Waals surface area (Å²) in [6.07, 6.45) is -1.04. The lowest BCUT2D eigenvalue weighted by Crippen LogP contribution is -2.33. The number of thioether (sulfide) groups is 1. The molecule has 1 aliphatic heterocycles. The van der Waals surface area contributed by atoms with Crippen LogP contribution >= 0.6 is 11.8 Å². The minimum absolute atomic E-state index is 0.102. The highest BCUT2D eigenvalue weighted by molar-refractivity contribution is 8.01. The zero-order valence-corrected chi connectivity index (χ0v) is 16.8. The van der Waals surface area contributed by atoms with E-state index in [1.54, 1.807) is 6.92 Å². The van der Waals surface area contributed by atoms with Gasteiger partial charge in [-0.3, -0.25) is 14.4 Å². The molecule has 2 aromatic carbocycles. The van der Waals surface area contributed by atoms with Gasteiger partial charge >= 0.3 is 5.97 Å². The molecule has 0 bridgehead atoms. The molecule has 2 atom stereocenters. The van der Waals surface area contributed by atoms with Crippen molar-refractivity contribution in [1.29, 1.82) is 0 Å². The topological polar surface area (TPSA) is 88.3 Å². The van der Waals surface area contributed by atoms with Crippen LogP contribution in [-0.4, -0.2) is 34.0 Å². The number of carbonyl (C=O) groups is 3. The molecule has 0 aliphatic carbocycles. The van der Waals surface area contributed by atoms with Crippen molar-refractivity contribution in [3.05, 3.63) is 59.8 Å². The normalized spacial score (nSPS) is 16.8. The molecule has 29 heavy (non-hydrogen) atoms. The zero-order chi connectivity index (χ0) is 20.5. The van der Waals surface area contributed by atoms with E-state index in [0.29, 0.717) is 5.56 Å². The summed E-state index contributed by atoms with van der Waals surface area (Å²) in [4.78, 5) is 41.7. The van der Waals surface area contributed by atoms with Gasteiger partial charge in [-0.15, -0.1) is 11.8 Å². The predicted octanol–water partition coefficient (Wildman–Crippen LogP) is 4.09. The van der Waals surface area contributed by atoms with E-state index >= 15 is 0 Å². The van der Waals surface area contributed by atoms with Crippen molar-refractivity contribution in [2.24, 2.45) is 0 Å². The van der Waals surface area contributed by atoms with E-state index < -0.39 is 17.3 Å². The Morgan fingerprint density at radius 1 is 1.14 bits per heavy atom. The van der Waals surface area contributed by atoms with Crippen LogP contribution in [0.1, 0.15) is 29.4 Å². The molecule has 1 amide bonds. The van der Waals surface area contributed by atoms with Gasteiger partial charge in [-0.05, 0) is 32.0 Å². The Labute approximate surface area is 172 Å². The number of aryl methyl sites for hydroxylation is 1. The van der Waals surface area contributed by atoms with E-state index in [-0.39, 0.29) is 18.1 Å². The van der Waals surface area contributed by atoms with E-state index in [1.807, 2.05) is 55.5 Å². The maximum absolute atomic E-state index is 12.9. The number of fused-ring (bicyclic) bond motifs is 2. The average Bonchev–Trinajstić information content (AvgIpc) is 3.03. The fourth-order valence-electron chi connectivity index (χ4n) is 3.47. The standard InChI is InChI=1S/C22H20N2O4S/c1-12-20(14-7-3-4-8-15(14)23-12)21(26)13(2)28-19(25)11-18-22(27)24-16-9-5-6-10-17(16)29-18/h3-10,13,18,23H,11H2,1-2H3,(H,24,27)/t13-,18-/m1/s1. The van der Waals surface area contributed by atoms with Gasteiger partial charge in [-0.2, -0.15) is 0 Å². The number of Topliss-reactive ketones (excluding diaryl/α,β-unsaturated/α-hetero) is 1. The lowest BCUT2D eigenvalue weighted by Gasteiger charge is -2.23. The summed E-state index contributed by atoms with van der Waals surface area (Å²) in [5.41, 5.74) is 2.86. The fraction of sp³-hybridized carbons (Fsp3) is 0.227. The molecule has 3 aromatic rings. The highest BCUT2D eigenvalue weighted by Crippen LogP contribution is 2.36. The number of aromatic amines is 1. The maximum Gasteiger partial charge on any atom is 0.308 e. The van der Waals surface area contributed by atoms with E-state index in [4.69, 9.17) is 4.74 Å². The third-order valence-electron chi connectivity index (χ3n) is 4.88. The predicted molar refractivity (Wildman–Crippen MR) is 112 cm³/mol. The molecule has 2 heterocycles. The highest BCUT2D eigenvalue weighted by atomic mass is 32.2. The molecule has 0 saturated heterocycles. The molecule has 6 nitrogen and oxygen atoms in total. The van der Waals surface area contributed by atoms with E-state index in [9.17, 15) is 14.4 Å². The number of hydrogen-bond donors (Lipinski definition) is 2. The van der Waals surface area contributed by atoms with Crippen LogP contribution in [0.5, 0.6) is 0 Å². The van der Waals surface area contributed by atoms with Gasteiger partial charge in [0.15, 0.2) is 6.10 Å². The summed E-state index contributed by atoms with van der Waals surface area (Å²) in [5, 5.41) is 3.02. The van der Waals surface area contributed by atoms with E-state index in [2.05, 4.69) is 10.3 Å². The van der Waals surface area contributed by atoms with Gasteiger partial charge in [-0.1, -0.05) is 30.3 Å². The van der Waals surface area contributed by atoms with Crippen molar-refractivity contribution < 1.29 is 19.1 Å². The summed E-state index contributed by atoms with van der Waals surface area (Å²) in [6, 6.07) is 14.9. The number of nitrogens with one attached hydrogen (secondary N) is 2. The number of para-hydroxylation sites is 2. The summed E-state index contributed by atoms with van der Waals surface area (Å²) in [7, 11) is 0. The SMILES string of the molecule is Cc1[nH]c2ccccc2c1C(=O)[C@@H](C)OC(=O)C[C@H]1Sc2ccccc2NC1=O. The van der Waals surface area contributed by atoms with E-state index in [1.165, 1.54) is 11.8 Å². The van der Waals surface area contributed by atoms with Gasteiger partial charge < -0.3 is 15.0 Å². The molecule has 1 aliphatic rings. The third kappa shape index (κ3) is 3.78. The molecule has 7 heteroatoms. The fourth-order valence-corrected chi connectivity index (χ4v) is 4.57. The number of benzene rings is 2. The molecule has 0 unspecified atom stereocenters. The Bertz CT molecular complexity index is 1120. The van der Waals surface area contributed by atoms with Crippen molar-refractivity contribution >= 4 is 46.0 Å². The average molecular weight is 408 g/mol. The number of amides is 1. The molecule has 1 aromatic heterocycles. The molecule has 0 spiro atoms. The van der Waals surface area contributed by atoms with Gasteiger partial charge in [0.05, 0.1) is 17.4 Å². The maximum atomic E-state index is 12.9. The molecular formula is C22H20N2O4S. The number of hydrogen-bond acceptors (Lipinski definition) is 5. The third-order valence-corrected chi connectivity index (χ3v) is 6.15. The minimum Gasteiger partial charge on any atom is -0.454 e. The number of H-pyrrole nitrogens is 1. The number of ketones is 1. The van der Waals surface area contributed by atoms with Crippen LogP contribution < -0.4 is 5.32 Å². The molecule has 2 N–H and O–H groups in total. The highest BCUT2D eigenvalue weighted by Gasteiger charge is 2.31. The van der Waals surface area contributed by atoms with Crippen LogP contribution in [0.2, 0.25) is 0 Å². The first-order chi connectivity index (χ1) is 13.9. The molecule has 0 radical (unpaired) electrons. The zero-order valence-electron chi connectivity index (χ0n) is 16.0. The second-order valence-corrected chi connectivity index (χ2v) is 8.21. The van der Waals surface area contributed by atoms with Crippen molar-refractivity contribution in [3.63, 3.8) is 0 Å². The number of aromatic nitrogens is 1. The van der Waals surface area contributed by atoms with Crippen LogP contribution in [0.4, 0.5) is 5.69 Å². The first-order valence-electron chi connectivity index (χ1n) is 9.31. The van der Waals surface area contributed by atoms with Crippen molar-refractivity contribution in [2.45, 2.75) is 36.5 Å². The van der Waals surface area contributed by atoms with Gasteiger partial charge in [0.1, 0.15) is 0 Å². The number of esters is 1. The Morgan fingerprint density at radius 3 is 2.69 bits per heavy atom. The summed E-state index contributed by atoms with van der Waals surface area (Å²) in [6.45, 7) is 3.38. The Balaban J connectivity index is 1.44. The van der Waals surface area contributed by atoms with Crippen molar-refractivity contribution in [3.8, 4) is 0 Å². The van der Waals surface area contributed by atoms with Crippen molar-refractivity contribution in [2.75, 3.05) is 5.32 Å². The molecular weight excluding hydrogens is 388 g/mol. The van der Waals surface area contributed by atoms with Gasteiger partial charge in [0, 0.05) is 27.1 Å². The second-order valence-electron chi connectivity index (χ2n) is 6.96. The number of anilines is 1. The van der Waals surface area contributed by atoms with Gasteiger partial charge in [0.25, 0.3) is 0 Å². The Kier molecular flexibility index (Phi) is 5.15. The second kappa shape index (κ2) is 7.75. The number of ether oxygens (including phenoxy) is 1. The van der Waals surface area contributed by atoms with Crippen LogP contribution in [0.3, 0.4) is 0 Å². The van der Waals surface area contributed by atoms with Gasteiger partial charge in [-0.25, -0.2) is 0 Å². The largest absolute Gasteiger partial charge is 0.454 e. The van der Waals surface area contributed by atoms with E-state index in [0.717, 1.165) is 27.2 Å².